The zero-order valence-corrected chi connectivity index (χ0v) is 31.8. The summed E-state index contributed by atoms with van der Waals surface area (Å²) in [6, 6.07) is 16.3. The number of amides is 2. The van der Waals surface area contributed by atoms with E-state index in [1.54, 1.807) is 0 Å². The number of rotatable bonds is 6. The molecule has 2 aliphatic heterocycles. The molecule has 0 saturated carbocycles. The molecule has 0 aliphatic carbocycles. The molecule has 2 amide bonds. The lowest BCUT2D eigenvalue weighted by Gasteiger charge is -2.22. The van der Waals surface area contributed by atoms with Crippen molar-refractivity contribution in [3.8, 4) is 11.5 Å². The van der Waals surface area contributed by atoms with Crippen LogP contribution in [0.1, 0.15) is 11.1 Å². The number of phenolic OH excluding ortho intramolecular Hbond substituents is 2. The van der Waals surface area contributed by atoms with Crippen LogP contribution in [0.4, 0.5) is 38.9 Å². The smallest absolute Gasteiger partial charge is 0.323 e. The summed E-state index contributed by atoms with van der Waals surface area (Å²) in [4.78, 5) is 12.0. The average molecular weight is 839 g/mol. The number of nitrogens with zero attached hydrogens (tertiary/aromatic N) is 2. The van der Waals surface area contributed by atoms with Crippen LogP contribution < -0.4 is 19.2 Å². The molecule has 2 aliphatic rings. The molecule has 0 radical (unpaired) electrons. The number of aromatic hydroxyl groups is 2. The molecule has 6 aromatic carbocycles. The van der Waals surface area contributed by atoms with E-state index in [1.807, 2.05) is 0 Å². The molecule has 8 rings (SSSR count). The van der Waals surface area contributed by atoms with E-state index in [4.69, 9.17) is 0 Å². The highest BCUT2D eigenvalue weighted by Gasteiger charge is 2.45. The number of nitrogens with one attached hydrogen (secondary N) is 2. The second kappa shape index (κ2) is 12.0. The fourth-order valence-corrected chi connectivity index (χ4v) is 12.5. The normalized spacial score (nSPS) is 15.4. The average Bonchev–Trinajstić information content (AvgIpc) is 3.35. The summed E-state index contributed by atoms with van der Waals surface area (Å²) in [5.74, 6) is -1.18. The number of carbonyl (C=O) groups excluding carboxylic acids is 1. The number of urea groups is 1. The second-order valence-electron chi connectivity index (χ2n) is 12.8. The second-order valence-corrected chi connectivity index (χ2v) is 19.1. The molecule has 6 N–H and O–H groups in total. The number of hydrogen-bond acceptors (Lipinski definition) is 11. The van der Waals surface area contributed by atoms with Crippen LogP contribution in [-0.2, 0) is 40.3 Å². The maximum Gasteiger partial charge on any atom is 0.323 e. The van der Waals surface area contributed by atoms with E-state index in [0.717, 1.165) is 24.3 Å². The SMILES string of the molecule is Cc1ccc2c(NC(=O)Nc3c4ccc(C)c3S(=O)(=O)N4c3c(O)ccc4c(S(=O)(=O)O)cccc34)c1S(=O)(=O)N2c1c(O)ccc2c(S(=O)(=O)O)cccc12. The van der Waals surface area contributed by atoms with Crippen molar-refractivity contribution >= 4 is 102 Å². The van der Waals surface area contributed by atoms with Gasteiger partial charge in [0.2, 0.25) is 0 Å². The van der Waals surface area contributed by atoms with Crippen LogP contribution in [-0.4, -0.2) is 59.0 Å². The van der Waals surface area contributed by atoms with Gasteiger partial charge in [-0.25, -0.2) is 30.2 Å². The number of fused-ring (bicyclic) bond motifs is 6. The predicted octanol–water partition coefficient (Wildman–Crippen LogP) is 5.84. The number of sulfonamides is 2. The van der Waals surface area contributed by atoms with Crippen molar-refractivity contribution in [2.45, 2.75) is 33.4 Å². The van der Waals surface area contributed by atoms with Gasteiger partial charge < -0.3 is 20.8 Å². The number of benzene rings is 6. The minimum atomic E-state index is -4.79. The van der Waals surface area contributed by atoms with Crippen LogP contribution in [0.25, 0.3) is 21.5 Å². The molecule has 6 aromatic rings. The Hall–Kier alpha value is -5.97. The standard InChI is InChI=1S/C35H26N4O13S4/c1-17-9-13-23-29(33(17)53(43,44)38(23)31-21-5-3-7-27(55(47,48)49)19(21)11-15-25(31)40)36-35(42)37-30-24-14-10-18(2)34(30)54(45,46)39(24)32-22-6-4-8-28(56(50,51)52)20(22)12-16-26(32)41/h3-16,40-41H,1-2H3,(H2,36,37,42)(H,47,48,49)(H,50,51,52). The van der Waals surface area contributed by atoms with Gasteiger partial charge in [0, 0.05) is 21.5 Å². The van der Waals surface area contributed by atoms with Gasteiger partial charge in [0.05, 0.1) is 22.7 Å². The van der Waals surface area contributed by atoms with Crippen LogP contribution in [0.2, 0.25) is 0 Å². The van der Waals surface area contributed by atoms with Gasteiger partial charge in [0.25, 0.3) is 40.3 Å². The summed E-state index contributed by atoms with van der Waals surface area (Å²) in [6.45, 7) is 2.89. The van der Waals surface area contributed by atoms with Crippen molar-refractivity contribution in [2.75, 3.05) is 19.2 Å². The van der Waals surface area contributed by atoms with E-state index < -0.39 is 77.4 Å². The lowest BCUT2D eigenvalue weighted by Crippen LogP contribution is -2.22. The van der Waals surface area contributed by atoms with Crippen LogP contribution in [0.15, 0.2) is 105 Å². The molecule has 0 saturated heterocycles. The number of carbonyl (C=O) groups is 1. The Bertz CT molecular complexity index is 3050. The molecule has 288 valence electrons. The Balaban J connectivity index is 1.24. The lowest BCUT2D eigenvalue weighted by molar-refractivity contribution is 0.262. The van der Waals surface area contributed by atoms with Crippen molar-refractivity contribution in [2.24, 2.45) is 0 Å². The quantitative estimate of drug-likeness (QED) is 0.108. The van der Waals surface area contributed by atoms with E-state index >= 15 is 0 Å². The highest BCUT2D eigenvalue weighted by Crippen LogP contribution is 2.55. The lowest BCUT2D eigenvalue weighted by atomic mass is 10.1. The van der Waals surface area contributed by atoms with Gasteiger partial charge in [-0.05, 0) is 73.5 Å². The Labute approximate surface area is 318 Å². The molecular formula is C35H26N4O13S4. The van der Waals surface area contributed by atoms with E-state index in [2.05, 4.69) is 10.6 Å². The monoisotopic (exact) mass is 838 g/mol. The highest BCUT2D eigenvalue weighted by molar-refractivity contribution is 7.94. The molecule has 2 heterocycles. The fourth-order valence-electron chi connectivity index (χ4n) is 7.26. The summed E-state index contributed by atoms with van der Waals surface area (Å²) in [5.41, 5.74) is -1.34. The molecule has 21 heteroatoms. The molecule has 56 heavy (non-hydrogen) atoms. The number of phenols is 2. The molecule has 0 aromatic heterocycles. The summed E-state index contributed by atoms with van der Waals surface area (Å²) in [7, 11) is -18.9. The Morgan fingerprint density at radius 2 is 0.929 bits per heavy atom. The van der Waals surface area contributed by atoms with Crippen molar-refractivity contribution in [1.29, 1.82) is 0 Å². The van der Waals surface area contributed by atoms with Crippen LogP contribution in [0, 0.1) is 13.8 Å². The number of hydrogen-bond donors (Lipinski definition) is 6. The first-order valence-corrected chi connectivity index (χ1v) is 21.8. The molecule has 4 bridgehead atoms. The maximum atomic E-state index is 14.3. The van der Waals surface area contributed by atoms with Gasteiger partial charge in [0.15, 0.2) is 0 Å². The van der Waals surface area contributed by atoms with E-state index in [9.17, 15) is 57.8 Å². The third-order valence-corrected chi connectivity index (χ3v) is 15.1. The molecular weight excluding hydrogens is 813 g/mol. The van der Waals surface area contributed by atoms with Gasteiger partial charge in [-0.2, -0.15) is 16.8 Å². The summed E-state index contributed by atoms with van der Waals surface area (Å²) >= 11 is 0. The van der Waals surface area contributed by atoms with E-state index in [1.165, 1.54) is 74.5 Å². The molecule has 0 fully saturated rings. The maximum absolute atomic E-state index is 14.3. The van der Waals surface area contributed by atoms with Gasteiger partial charge in [-0.15, -0.1) is 0 Å². The van der Waals surface area contributed by atoms with E-state index in [-0.39, 0.29) is 66.8 Å². The molecule has 0 atom stereocenters. The molecule has 0 unspecified atom stereocenters. The van der Waals surface area contributed by atoms with Crippen LogP contribution in [0.3, 0.4) is 0 Å². The van der Waals surface area contributed by atoms with Crippen LogP contribution >= 0.6 is 0 Å². The van der Waals surface area contributed by atoms with Crippen molar-refractivity contribution < 1.29 is 57.8 Å². The van der Waals surface area contributed by atoms with Crippen molar-refractivity contribution in [3.63, 3.8) is 0 Å². The zero-order chi connectivity index (χ0) is 40.4. The third kappa shape index (κ3) is 5.27. The van der Waals surface area contributed by atoms with Gasteiger partial charge in [-0.3, -0.25) is 9.11 Å². The predicted molar refractivity (Wildman–Crippen MR) is 205 cm³/mol. The van der Waals surface area contributed by atoms with Crippen molar-refractivity contribution in [3.05, 3.63) is 96.1 Å². The first-order valence-electron chi connectivity index (χ1n) is 16.1. The summed E-state index contributed by atoms with van der Waals surface area (Å²) < 4.78 is 127. The van der Waals surface area contributed by atoms with Crippen LogP contribution in [0.5, 0.6) is 11.5 Å². The van der Waals surface area contributed by atoms with Gasteiger partial charge in [0.1, 0.15) is 42.5 Å². The number of anilines is 6. The zero-order valence-electron chi connectivity index (χ0n) is 28.6. The fraction of sp³-hybridized carbons (Fsp3) is 0.0571. The summed E-state index contributed by atoms with van der Waals surface area (Å²) in [6.07, 6.45) is 0. The Morgan fingerprint density at radius 3 is 1.29 bits per heavy atom. The first-order chi connectivity index (χ1) is 26.2. The van der Waals surface area contributed by atoms with Gasteiger partial charge in [-0.1, -0.05) is 36.4 Å². The topological polar surface area (TPSA) is 265 Å². The number of aryl methyl sites for hydroxylation is 2. The minimum absolute atomic E-state index is 0.0789. The van der Waals surface area contributed by atoms with Crippen molar-refractivity contribution in [1.82, 2.24) is 0 Å². The minimum Gasteiger partial charge on any atom is -0.506 e. The molecule has 0 spiro atoms. The molecule has 17 nitrogen and oxygen atoms in total. The first kappa shape index (κ1) is 37.0. The highest BCUT2D eigenvalue weighted by atomic mass is 32.2. The third-order valence-electron chi connectivity index (χ3n) is 9.48. The Kier molecular flexibility index (Phi) is 7.93. The largest absolute Gasteiger partial charge is 0.506 e. The van der Waals surface area contributed by atoms with Gasteiger partial charge >= 0.3 is 6.03 Å². The van der Waals surface area contributed by atoms with E-state index in [0.29, 0.717) is 8.61 Å². The Morgan fingerprint density at radius 1 is 0.554 bits per heavy atom. The summed E-state index contributed by atoms with van der Waals surface area (Å²) in [5, 5.41) is 26.7.